The van der Waals surface area contributed by atoms with E-state index >= 15 is 0 Å². The lowest BCUT2D eigenvalue weighted by Crippen LogP contribution is -2.48. The van der Waals surface area contributed by atoms with E-state index < -0.39 is 0 Å². The summed E-state index contributed by atoms with van der Waals surface area (Å²) in [6, 6.07) is 7.53. The summed E-state index contributed by atoms with van der Waals surface area (Å²) < 4.78 is 5.97. The van der Waals surface area contributed by atoms with E-state index in [2.05, 4.69) is 10.6 Å². The van der Waals surface area contributed by atoms with Crippen LogP contribution in [0.5, 0.6) is 5.75 Å². The zero-order valence-corrected chi connectivity index (χ0v) is 12.4. The predicted molar refractivity (Wildman–Crippen MR) is 82.6 cm³/mol. The molecule has 1 aliphatic carbocycles. The minimum Gasteiger partial charge on any atom is -0.490 e. The fourth-order valence-electron chi connectivity index (χ4n) is 2.89. The number of rotatable bonds is 5. The molecule has 0 atom stereocenters. The minimum absolute atomic E-state index is 0.00566. The largest absolute Gasteiger partial charge is 0.490 e. The van der Waals surface area contributed by atoms with Crippen LogP contribution in [0, 0.1) is 5.92 Å². The number of benzene rings is 1. The quantitative estimate of drug-likeness (QED) is 0.874. The second-order valence-corrected chi connectivity index (χ2v) is 6.14. The summed E-state index contributed by atoms with van der Waals surface area (Å²) in [5.41, 5.74) is 0.707. The van der Waals surface area contributed by atoms with Crippen LogP contribution in [0.4, 0.5) is 0 Å². The summed E-state index contributed by atoms with van der Waals surface area (Å²) in [7, 11) is 0. The van der Waals surface area contributed by atoms with Crippen LogP contribution in [0.2, 0.25) is 0 Å². The van der Waals surface area contributed by atoms with Crippen molar-refractivity contribution in [1.82, 2.24) is 10.6 Å². The first-order valence-electron chi connectivity index (χ1n) is 8.07. The van der Waals surface area contributed by atoms with Gasteiger partial charge in [0.05, 0.1) is 6.10 Å². The summed E-state index contributed by atoms with van der Waals surface area (Å²) in [6.07, 6.45) is 6.51. The standard InChI is InChI=1S/C17H24N2O2/c20-17(19-12-13-10-18-11-13)14-6-8-16(9-7-14)21-15-4-2-1-3-5-15/h6-9,13,15,18H,1-5,10-12H2,(H,19,20). The lowest BCUT2D eigenvalue weighted by atomic mass is 9.98. The Hall–Kier alpha value is -1.55. The van der Waals surface area contributed by atoms with Gasteiger partial charge in [-0.25, -0.2) is 0 Å². The minimum atomic E-state index is 0.00566. The van der Waals surface area contributed by atoms with Crippen molar-refractivity contribution in [2.45, 2.75) is 38.2 Å². The Bertz CT molecular complexity index is 462. The number of hydrogen-bond donors (Lipinski definition) is 2. The number of hydrogen-bond acceptors (Lipinski definition) is 3. The molecule has 2 aliphatic rings. The van der Waals surface area contributed by atoms with Gasteiger partial charge < -0.3 is 15.4 Å². The highest BCUT2D eigenvalue weighted by molar-refractivity contribution is 5.94. The average molecular weight is 288 g/mol. The normalized spacial score (nSPS) is 19.8. The summed E-state index contributed by atoms with van der Waals surface area (Å²) in [5, 5.41) is 6.19. The van der Waals surface area contributed by atoms with Crippen LogP contribution < -0.4 is 15.4 Å². The highest BCUT2D eigenvalue weighted by atomic mass is 16.5. The molecule has 1 saturated heterocycles. The van der Waals surface area contributed by atoms with E-state index in [9.17, 15) is 4.79 Å². The van der Waals surface area contributed by atoms with Gasteiger partial charge in [0, 0.05) is 31.1 Å². The first kappa shape index (κ1) is 14.4. The molecule has 0 bridgehead atoms. The van der Waals surface area contributed by atoms with Gasteiger partial charge in [-0.05, 0) is 49.9 Å². The maximum atomic E-state index is 12.0. The van der Waals surface area contributed by atoms with Crippen LogP contribution >= 0.6 is 0 Å². The number of carbonyl (C=O) groups is 1. The van der Waals surface area contributed by atoms with Crippen LogP contribution in [0.1, 0.15) is 42.5 Å². The third kappa shape index (κ3) is 3.97. The van der Waals surface area contributed by atoms with Crippen molar-refractivity contribution < 1.29 is 9.53 Å². The monoisotopic (exact) mass is 288 g/mol. The van der Waals surface area contributed by atoms with Crippen LogP contribution in [-0.2, 0) is 0 Å². The van der Waals surface area contributed by atoms with E-state index in [1.54, 1.807) is 0 Å². The molecule has 0 spiro atoms. The van der Waals surface area contributed by atoms with Gasteiger partial charge >= 0.3 is 0 Å². The maximum Gasteiger partial charge on any atom is 0.251 e. The van der Waals surface area contributed by atoms with Crippen molar-refractivity contribution in [3.05, 3.63) is 29.8 Å². The first-order valence-corrected chi connectivity index (χ1v) is 8.07. The Balaban J connectivity index is 1.49. The lowest BCUT2D eigenvalue weighted by Gasteiger charge is -2.27. The molecule has 0 radical (unpaired) electrons. The van der Waals surface area contributed by atoms with E-state index in [1.807, 2.05) is 24.3 Å². The Morgan fingerprint density at radius 3 is 2.48 bits per heavy atom. The van der Waals surface area contributed by atoms with E-state index in [0.29, 0.717) is 17.6 Å². The molecular weight excluding hydrogens is 264 g/mol. The summed E-state index contributed by atoms with van der Waals surface area (Å²) in [4.78, 5) is 12.0. The highest BCUT2D eigenvalue weighted by Crippen LogP contribution is 2.23. The smallest absolute Gasteiger partial charge is 0.251 e. The summed E-state index contributed by atoms with van der Waals surface area (Å²) >= 11 is 0. The number of carbonyl (C=O) groups excluding carboxylic acids is 1. The molecule has 4 heteroatoms. The van der Waals surface area contributed by atoms with Crippen LogP contribution in [-0.4, -0.2) is 31.6 Å². The van der Waals surface area contributed by atoms with E-state index in [4.69, 9.17) is 4.74 Å². The van der Waals surface area contributed by atoms with Crippen LogP contribution in [0.3, 0.4) is 0 Å². The SMILES string of the molecule is O=C(NCC1CNC1)c1ccc(OC2CCCCC2)cc1. The molecular formula is C17H24N2O2. The molecule has 0 aromatic heterocycles. The fraction of sp³-hybridized carbons (Fsp3) is 0.588. The van der Waals surface area contributed by atoms with Crippen LogP contribution in [0.15, 0.2) is 24.3 Å². The molecule has 1 aromatic carbocycles. The van der Waals surface area contributed by atoms with Gasteiger partial charge in [-0.1, -0.05) is 6.42 Å². The van der Waals surface area contributed by atoms with Gasteiger partial charge in [-0.3, -0.25) is 4.79 Å². The topological polar surface area (TPSA) is 50.4 Å². The van der Waals surface area contributed by atoms with Crippen molar-refractivity contribution in [3.8, 4) is 5.75 Å². The lowest BCUT2D eigenvalue weighted by molar-refractivity contribution is 0.0942. The van der Waals surface area contributed by atoms with Gasteiger partial charge in [0.1, 0.15) is 5.75 Å². The molecule has 21 heavy (non-hydrogen) atoms. The van der Waals surface area contributed by atoms with E-state index in [-0.39, 0.29) is 5.91 Å². The van der Waals surface area contributed by atoms with E-state index in [1.165, 1.54) is 19.3 Å². The Morgan fingerprint density at radius 1 is 1.14 bits per heavy atom. The molecule has 1 aromatic rings. The van der Waals surface area contributed by atoms with Crippen molar-refractivity contribution in [3.63, 3.8) is 0 Å². The molecule has 1 saturated carbocycles. The Morgan fingerprint density at radius 2 is 1.86 bits per heavy atom. The zero-order chi connectivity index (χ0) is 14.5. The van der Waals surface area contributed by atoms with Gasteiger partial charge in [0.15, 0.2) is 0 Å². The second-order valence-electron chi connectivity index (χ2n) is 6.14. The predicted octanol–water partition coefficient (Wildman–Crippen LogP) is 2.35. The molecule has 114 valence electrons. The maximum absolute atomic E-state index is 12.0. The second kappa shape index (κ2) is 6.94. The first-order chi connectivity index (χ1) is 10.3. The average Bonchev–Trinajstić information content (AvgIpc) is 2.47. The molecule has 2 N–H and O–H groups in total. The zero-order valence-electron chi connectivity index (χ0n) is 12.4. The van der Waals surface area contributed by atoms with Crippen molar-refractivity contribution in [1.29, 1.82) is 0 Å². The molecule has 1 aliphatic heterocycles. The van der Waals surface area contributed by atoms with Gasteiger partial charge in [-0.15, -0.1) is 0 Å². The number of nitrogens with one attached hydrogen (secondary N) is 2. The van der Waals surface area contributed by atoms with Crippen molar-refractivity contribution in [2.24, 2.45) is 5.92 Å². The Labute approximate surface area is 126 Å². The van der Waals surface area contributed by atoms with E-state index in [0.717, 1.165) is 38.2 Å². The summed E-state index contributed by atoms with van der Waals surface area (Å²) in [6.45, 7) is 2.77. The molecule has 0 unspecified atom stereocenters. The van der Waals surface area contributed by atoms with Crippen LogP contribution in [0.25, 0.3) is 0 Å². The molecule has 1 heterocycles. The van der Waals surface area contributed by atoms with Crippen molar-refractivity contribution in [2.75, 3.05) is 19.6 Å². The third-order valence-electron chi connectivity index (χ3n) is 4.39. The highest BCUT2D eigenvalue weighted by Gasteiger charge is 2.18. The number of ether oxygens (including phenoxy) is 1. The number of amides is 1. The molecule has 2 fully saturated rings. The van der Waals surface area contributed by atoms with Gasteiger partial charge in [0.25, 0.3) is 5.91 Å². The molecule has 4 nitrogen and oxygen atoms in total. The molecule has 1 amide bonds. The van der Waals surface area contributed by atoms with Gasteiger partial charge in [0.2, 0.25) is 0 Å². The third-order valence-corrected chi connectivity index (χ3v) is 4.39. The summed E-state index contributed by atoms with van der Waals surface area (Å²) in [5.74, 6) is 1.47. The fourth-order valence-corrected chi connectivity index (χ4v) is 2.89. The Kier molecular flexibility index (Phi) is 4.76. The molecule has 3 rings (SSSR count). The van der Waals surface area contributed by atoms with Gasteiger partial charge in [-0.2, -0.15) is 0 Å². The van der Waals surface area contributed by atoms with Crippen molar-refractivity contribution >= 4 is 5.91 Å².